The average molecular weight is 205 g/mol. The summed E-state index contributed by atoms with van der Waals surface area (Å²) in [5.74, 6) is 1.44. The van der Waals surface area contributed by atoms with Gasteiger partial charge in [0.15, 0.2) is 0 Å². The lowest BCUT2D eigenvalue weighted by atomic mass is 10.0. The molecule has 2 N–H and O–H groups in total. The third kappa shape index (κ3) is 2.93. The van der Waals surface area contributed by atoms with E-state index in [0.29, 0.717) is 5.82 Å². The van der Waals surface area contributed by atoms with Gasteiger partial charge in [-0.1, -0.05) is 13.0 Å². The summed E-state index contributed by atoms with van der Waals surface area (Å²) in [6.07, 6.45) is 2.67. The van der Waals surface area contributed by atoms with Gasteiger partial charge in [-0.25, -0.2) is 4.98 Å². The van der Waals surface area contributed by atoms with E-state index in [1.54, 1.807) is 0 Å². The number of rotatable bonds is 2. The third-order valence-corrected chi connectivity index (χ3v) is 2.96. The maximum atomic E-state index is 5.66. The molecular weight excluding hydrogens is 186 g/mol. The van der Waals surface area contributed by atoms with Crippen LogP contribution in [0, 0.1) is 5.92 Å². The number of nitrogen functional groups attached to an aromatic ring is 1. The molecule has 1 aromatic rings. The molecule has 15 heavy (non-hydrogen) atoms. The minimum atomic E-state index is 0.623. The van der Waals surface area contributed by atoms with Crippen molar-refractivity contribution in [1.82, 2.24) is 9.88 Å². The zero-order valence-corrected chi connectivity index (χ0v) is 9.32. The lowest BCUT2D eigenvalue weighted by molar-refractivity contribution is 0.175. The summed E-state index contributed by atoms with van der Waals surface area (Å²) < 4.78 is 0. The molecule has 1 aliphatic heterocycles. The van der Waals surface area contributed by atoms with Gasteiger partial charge in [-0.2, -0.15) is 0 Å². The Morgan fingerprint density at radius 1 is 1.53 bits per heavy atom. The van der Waals surface area contributed by atoms with E-state index in [9.17, 15) is 0 Å². The molecule has 3 heteroatoms. The summed E-state index contributed by atoms with van der Waals surface area (Å²) in [6, 6.07) is 5.86. The summed E-state index contributed by atoms with van der Waals surface area (Å²) in [5, 5.41) is 0. The van der Waals surface area contributed by atoms with E-state index in [-0.39, 0.29) is 0 Å². The summed E-state index contributed by atoms with van der Waals surface area (Å²) in [7, 11) is 0. The first-order valence-corrected chi connectivity index (χ1v) is 5.68. The largest absolute Gasteiger partial charge is 0.384 e. The van der Waals surface area contributed by atoms with E-state index in [1.807, 2.05) is 12.1 Å². The van der Waals surface area contributed by atoms with E-state index in [2.05, 4.69) is 22.9 Å². The number of hydrogen-bond donors (Lipinski definition) is 1. The molecule has 3 nitrogen and oxygen atoms in total. The van der Waals surface area contributed by atoms with Gasteiger partial charge in [0.1, 0.15) is 5.82 Å². The Balaban J connectivity index is 1.96. The molecule has 1 aliphatic rings. The maximum absolute atomic E-state index is 5.66. The first kappa shape index (κ1) is 10.4. The molecule has 1 atom stereocenters. The van der Waals surface area contributed by atoms with Gasteiger partial charge >= 0.3 is 0 Å². The van der Waals surface area contributed by atoms with E-state index in [1.165, 1.54) is 25.9 Å². The molecule has 2 rings (SSSR count). The second-order valence-corrected chi connectivity index (χ2v) is 4.54. The molecule has 0 bridgehead atoms. The molecule has 0 unspecified atom stereocenters. The van der Waals surface area contributed by atoms with E-state index in [0.717, 1.165) is 18.2 Å². The predicted molar refractivity (Wildman–Crippen MR) is 62.3 cm³/mol. The zero-order chi connectivity index (χ0) is 10.7. The van der Waals surface area contributed by atoms with Crippen LogP contribution in [0.5, 0.6) is 0 Å². The topological polar surface area (TPSA) is 42.1 Å². The van der Waals surface area contributed by atoms with Crippen molar-refractivity contribution >= 4 is 5.82 Å². The molecule has 1 fully saturated rings. The fraction of sp³-hybridized carbons (Fsp3) is 0.583. The first-order chi connectivity index (χ1) is 7.24. The molecule has 0 saturated carbocycles. The molecule has 1 saturated heterocycles. The quantitative estimate of drug-likeness (QED) is 0.801. The number of nitrogens with zero attached hydrogens (tertiary/aromatic N) is 2. The lowest BCUT2D eigenvalue weighted by Crippen LogP contribution is -2.33. The average Bonchev–Trinajstić information content (AvgIpc) is 2.17. The number of aromatic nitrogens is 1. The number of hydrogen-bond acceptors (Lipinski definition) is 3. The maximum Gasteiger partial charge on any atom is 0.123 e. The van der Waals surface area contributed by atoms with Crippen molar-refractivity contribution in [3.05, 3.63) is 23.9 Å². The van der Waals surface area contributed by atoms with Crippen LogP contribution >= 0.6 is 0 Å². The smallest absolute Gasteiger partial charge is 0.123 e. The van der Waals surface area contributed by atoms with Gasteiger partial charge in [0, 0.05) is 13.1 Å². The molecule has 2 heterocycles. The van der Waals surface area contributed by atoms with Gasteiger partial charge in [0.2, 0.25) is 0 Å². The molecular formula is C12H19N3. The van der Waals surface area contributed by atoms with Gasteiger partial charge in [0.25, 0.3) is 0 Å². The number of nitrogens with two attached hydrogens (primary N) is 1. The van der Waals surface area contributed by atoms with Crippen molar-refractivity contribution in [2.45, 2.75) is 26.3 Å². The highest BCUT2D eigenvalue weighted by molar-refractivity contribution is 5.28. The number of anilines is 1. The molecule has 82 valence electrons. The van der Waals surface area contributed by atoms with Crippen LogP contribution in [0.1, 0.15) is 25.5 Å². The van der Waals surface area contributed by atoms with Crippen LogP contribution in [0.15, 0.2) is 18.2 Å². The van der Waals surface area contributed by atoms with Crippen molar-refractivity contribution in [2.24, 2.45) is 5.92 Å². The van der Waals surface area contributed by atoms with Crippen molar-refractivity contribution in [3.63, 3.8) is 0 Å². The van der Waals surface area contributed by atoms with Crippen LogP contribution in [-0.2, 0) is 6.54 Å². The van der Waals surface area contributed by atoms with E-state index in [4.69, 9.17) is 5.73 Å². The van der Waals surface area contributed by atoms with Crippen LogP contribution in [0.3, 0.4) is 0 Å². The Bertz CT molecular complexity index is 324. The Morgan fingerprint density at radius 3 is 3.13 bits per heavy atom. The summed E-state index contributed by atoms with van der Waals surface area (Å²) in [5.41, 5.74) is 6.75. The fourth-order valence-electron chi connectivity index (χ4n) is 2.25. The molecule has 0 spiro atoms. The van der Waals surface area contributed by atoms with Gasteiger partial charge in [-0.3, -0.25) is 4.90 Å². The summed E-state index contributed by atoms with van der Waals surface area (Å²) >= 11 is 0. The predicted octanol–water partition coefficient (Wildman–Crippen LogP) is 1.90. The minimum absolute atomic E-state index is 0.623. The number of pyridine rings is 1. The van der Waals surface area contributed by atoms with E-state index < -0.39 is 0 Å². The van der Waals surface area contributed by atoms with Gasteiger partial charge in [-0.05, 0) is 37.4 Å². The lowest BCUT2D eigenvalue weighted by Gasteiger charge is -2.30. The minimum Gasteiger partial charge on any atom is -0.384 e. The standard InChI is InChI=1S/C12H19N3/c1-10-4-3-7-15(8-10)9-11-5-2-6-12(13)14-11/h2,5-6,10H,3-4,7-9H2,1H3,(H2,13,14)/t10-/m1/s1. The van der Waals surface area contributed by atoms with Crippen LogP contribution in [0.2, 0.25) is 0 Å². The summed E-state index contributed by atoms with van der Waals surface area (Å²) in [4.78, 5) is 6.80. The first-order valence-electron chi connectivity index (χ1n) is 5.68. The Morgan fingerprint density at radius 2 is 2.40 bits per heavy atom. The number of piperidine rings is 1. The van der Waals surface area contributed by atoms with Crippen LogP contribution < -0.4 is 5.73 Å². The monoisotopic (exact) mass is 205 g/mol. The Labute approximate surface area is 91.3 Å². The van der Waals surface area contributed by atoms with Gasteiger partial charge < -0.3 is 5.73 Å². The highest BCUT2D eigenvalue weighted by Gasteiger charge is 2.16. The SMILES string of the molecule is C[C@@H]1CCCN(Cc2cccc(N)n2)C1. The molecule has 0 radical (unpaired) electrons. The second kappa shape index (κ2) is 4.62. The van der Waals surface area contributed by atoms with Crippen molar-refractivity contribution in [1.29, 1.82) is 0 Å². The fourth-order valence-corrected chi connectivity index (χ4v) is 2.25. The van der Waals surface area contributed by atoms with Crippen molar-refractivity contribution in [3.8, 4) is 0 Å². The van der Waals surface area contributed by atoms with E-state index >= 15 is 0 Å². The summed E-state index contributed by atoms with van der Waals surface area (Å²) in [6.45, 7) is 5.64. The van der Waals surface area contributed by atoms with Crippen LogP contribution in [-0.4, -0.2) is 23.0 Å². The second-order valence-electron chi connectivity index (χ2n) is 4.54. The normalized spacial score (nSPS) is 22.9. The number of likely N-dealkylation sites (tertiary alicyclic amines) is 1. The van der Waals surface area contributed by atoms with Crippen molar-refractivity contribution in [2.75, 3.05) is 18.8 Å². The highest BCUT2D eigenvalue weighted by Crippen LogP contribution is 2.17. The highest BCUT2D eigenvalue weighted by atomic mass is 15.1. The molecule has 0 aliphatic carbocycles. The Kier molecular flexibility index (Phi) is 3.21. The van der Waals surface area contributed by atoms with Gasteiger partial charge in [-0.15, -0.1) is 0 Å². The van der Waals surface area contributed by atoms with Crippen LogP contribution in [0.4, 0.5) is 5.82 Å². The zero-order valence-electron chi connectivity index (χ0n) is 9.32. The Hall–Kier alpha value is -1.09. The molecule has 0 aromatic carbocycles. The molecule has 1 aromatic heterocycles. The van der Waals surface area contributed by atoms with Gasteiger partial charge in [0.05, 0.1) is 5.69 Å². The van der Waals surface area contributed by atoms with Crippen LogP contribution in [0.25, 0.3) is 0 Å². The molecule has 0 amide bonds. The third-order valence-electron chi connectivity index (χ3n) is 2.96. The van der Waals surface area contributed by atoms with Crippen molar-refractivity contribution < 1.29 is 0 Å².